The van der Waals surface area contributed by atoms with Crippen LogP contribution in [0.1, 0.15) is 23.2 Å². The minimum Gasteiger partial charge on any atom is -0.393 e. The van der Waals surface area contributed by atoms with Crippen molar-refractivity contribution in [2.24, 2.45) is 0 Å². The van der Waals surface area contributed by atoms with E-state index in [2.05, 4.69) is 0 Å². The van der Waals surface area contributed by atoms with Crippen LogP contribution in [0.5, 0.6) is 0 Å². The smallest absolute Gasteiger partial charge is 0.256 e. The van der Waals surface area contributed by atoms with Crippen LogP contribution in [0.25, 0.3) is 0 Å². The zero-order valence-corrected chi connectivity index (χ0v) is 8.90. The summed E-state index contributed by atoms with van der Waals surface area (Å²) >= 11 is 0. The summed E-state index contributed by atoms with van der Waals surface area (Å²) in [5.74, 6) is -0.774. The monoisotopic (exact) mass is 223 g/mol. The summed E-state index contributed by atoms with van der Waals surface area (Å²) < 4.78 is 13.4. The quantitative estimate of drug-likeness (QED) is 0.782. The van der Waals surface area contributed by atoms with Gasteiger partial charge in [0.1, 0.15) is 5.82 Å². The molecule has 1 N–H and O–H groups in total. The predicted octanol–water partition coefficient (Wildman–Crippen LogP) is 1.42. The average Bonchev–Trinajstić information content (AvgIpc) is 2.30. The Bertz CT molecular complexity index is 386. The minimum absolute atomic E-state index is 0.110. The number of hydrogen-bond donors (Lipinski definition) is 1. The molecular weight excluding hydrogens is 209 g/mol. The molecule has 1 aromatic carbocycles. The number of aliphatic hydroxyl groups excluding tert-OH is 1. The molecule has 3 nitrogen and oxygen atoms in total. The molecule has 0 saturated carbocycles. The highest BCUT2D eigenvalue weighted by Crippen LogP contribution is 2.15. The fourth-order valence-electron chi connectivity index (χ4n) is 1.87. The number of likely N-dealkylation sites (tertiary alicyclic amines) is 1. The molecule has 0 aliphatic carbocycles. The molecule has 2 rings (SSSR count). The van der Waals surface area contributed by atoms with Crippen molar-refractivity contribution in [1.82, 2.24) is 4.90 Å². The van der Waals surface area contributed by atoms with Crippen LogP contribution in [-0.2, 0) is 0 Å². The van der Waals surface area contributed by atoms with Crippen LogP contribution in [0.4, 0.5) is 4.39 Å². The first-order valence-electron chi connectivity index (χ1n) is 5.40. The summed E-state index contributed by atoms with van der Waals surface area (Å²) in [6.07, 6.45) is 0.810. The van der Waals surface area contributed by atoms with Crippen molar-refractivity contribution in [2.45, 2.75) is 18.9 Å². The van der Waals surface area contributed by atoms with Crippen molar-refractivity contribution in [3.8, 4) is 0 Å². The number of rotatable bonds is 1. The second-order valence-corrected chi connectivity index (χ2v) is 4.00. The molecule has 1 aromatic rings. The maximum absolute atomic E-state index is 13.4. The van der Waals surface area contributed by atoms with E-state index in [0.717, 1.165) is 0 Å². The van der Waals surface area contributed by atoms with Gasteiger partial charge in [-0.1, -0.05) is 12.1 Å². The first-order valence-corrected chi connectivity index (χ1v) is 5.40. The second kappa shape index (κ2) is 4.61. The van der Waals surface area contributed by atoms with E-state index in [9.17, 15) is 14.3 Å². The molecule has 1 saturated heterocycles. The SMILES string of the molecule is O=C(c1ccccc1F)N1CCC(O)CC1. The number of benzene rings is 1. The van der Waals surface area contributed by atoms with Crippen LogP contribution >= 0.6 is 0 Å². The lowest BCUT2D eigenvalue weighted by Crippen LogP contribution is -2.40. The van der Waals surface area contributed by atoms with Crippen LogP contribution in [0.3, 0.4) is 0 Å². The number of halogens is 1. The molecule has 1 heterocycles. The number of amides is 1. The van der Waals surface area contributed by atoms with Crippen LogP contribution < -0.4 is 0 Å². The molecule has 0 aromatic heterocycles. The third-order valence-electron chi connectivity index (χ3n) is 2.86. The van der Waals surface area contributed by atoms with Crippen LogP contribution in [0.2, 0.25) is 0 Å². The van der Waals surface area contributed by atoms with E-state index in [1.807, 2.05) is 0 Å². The van der Waals surface area contributed by atoms with Gasteiger partial charge in [0.05, 0.1) is 11.7 Å². The van der Waals surface area contributed by atoms with Crippen molar-refractivity contribution in [2.75, 3.05) is 13.1 Å². The Kier molecular flexibility index (Phi) is 3.19. The highest BCUT2D eigenvalue weighted by atomic mass is 19.1. The maximum Gasteiger partial charge on any atom is 0.256 e. The number of carbonyl (C=O) groups is 1. The predicted molar refractivity (Wildman–Crippen MR) is 57.5 cm³/mol. The van der Waals surface area contributed by atoms with E-state index in [-0.39, 0.29) is 17.6 Å². The van der Waals surface area contributed by atoms with Crippen LogP contribution in [-0.4, -0.2) is 35.1 Å². The summed E-state index contributed by atoms with van der Waals surface area (Å²) in [6.45, 7) is 0.989. The Balaban J connectivity index is 2.11. The minimum atomic E-state index is -0.487. The molecule has 0 radical (unpaired) electrons. The van der Waals surface area contributed by atoms with E-state index in [0.29, 0.717) is 25.9 Å². The Morgan fingerprint density at radius 2 is 1.94 bits per heavy atom. The summed E-state index contributed by atoms with van der Waals surface area (Å²) in [6, 6.07) is 5.98. The fraction of sp³-hybridized carbons (Fsp3) is 0.417. The average molecular weight is 223 g/mol. The van der Waals surface area contributed by atoms with Crippen LogP contribution in [0, 0.1) is 5.82 Å². The molecule has 0 atom stereocenters. The molecule has 86 valence electrons. The lowest BCUT2D eigenvalue weighted by Gasteiger charge is -2.29. The van der Waals surface area contributed by atoms with Gasteiger partial charge < -0.3 is 10.0 Å². The lowest BCUT2D eigenvalue weighted by molar-refractivity contribution is 0.0543. The highest BCUT2D eigenvalue weighted by Gasteiger charge is 2.23. The first kappa shape index (κ1) is 11.1. The largest absolute Gasteiger partial charge is 0.393 e. The third-order valence-corrected chi connectivity index (χ3v) is 2.86. The summed E-state index contributed by atoms with van der Waals surface area (Å²) in [4.78, 5) is 13.5. The lowest BCUT2D eigenvalue weighted by atomic mass is 10.1. The number of piperidine rings is 1. The Hall–Kier alpha value is -1.42. The summed E-state index contributed by atoms with van der Waals surface area (Å²) in [5, 5.41) is 9.32. The van der Waals surface area contributed by atoms with E-state index < -0.39 is 5.82 Å². The topological polar surface area (TPSA) is 40.5 Å². The van der Waals surface area contributed by atoms with Gasteiger partial charge in [0.25, 0.3) is 5.91 Å². The Labute approximate surface area is 93.5 Å². The molecule has 1 aliphatic heterocycles. The molecule has 4 heteroatoms. The van der Waals surface area contributed by atoms with E-state index in [4.69, 9.17) is 0 Å². The second-order valence-electron chi connectivity index (χ2n) is 4.00. The van der Waals surface area contributed by atoms with Gasteiger partial charge in [-0.15, -0.1) is 0 Å². The molecule has 1 aliphatic rings. The number of nitrogens with zero attached hydrogens (tertiary/aromatic N) is 1. The number of carbonyl (C=O) groups excluding carboxylic acids is 1. The van der Waals surface area contributed by atoms with Crippen molar-refractivity contribution in [3.05, 3.63) is 35.6 Å². The molecule has 0 unspecified atom stereocenters. The molecule has 16 heavy (non-hydrogen) atoms. The molecular formula is C12H14FNO2. The molecule has 0 bridgehead atoms. The van der Waals surface area contributed by atoms with Gasteiger partial charge in [0.15, 0.2) is 0 Å². The van der Waals surface area contributed by atoms with Gasteiger partial charge in [-0.05, 0) is 25.0 Å². The molecule has 1 amide bonds. The van der Waals surface area contributed by atoms with E-state index in [1.165, 1.54) is 12.1 Å². The standard InChI is InChI=1S/C12H14FNO2/c13-11-4-2-1-3-10(11)12(16)14-7-5-9(15)6-8-14/h1-4,9,15H,5-8H2. The van der Waals surface area contributed by atoms with Crippen molar-refractivity contribution in [3.63, 3.8) is 0 Å². The van der Waals surface area contributed by atoms with Gasteiger partial charge in [0.2, 0.25) is 0 Å². The van der Waals surface area contributed by atoms with Gasteiger partial charge in [-0.3, -0.25) is 4.79 Å². The number of aliphatic hydroxyl groups is 1. The normalized spacial score (nSPS) is 17.5. The van der Waals surface area contributed by atoms with Crippen molar-refractivity contribution in [1.29, 1.82) is 0 Å². The Morgan fingerprint density at radius 3 is 2.56 bits per heavy atom. The highest BCUT2D eigenvalue weighted by molar-refractivity contribution is 5.94. The maximum atomic E-state index is 13.4. The Morgan fingerprint density at radius 1 is 1.31 bits per heavy atom. The zero-order valence-electron chi connectivity index (χ0n) is 8.90. The van der Waals surface area contributed by atoms with E-state index in [1.54, 1.807) is 17.0 Å². The van der Waals surface area contributed by atoms with Gasteiger partial charge in [-0.2, -0.15) is 0 Å². The third kappa shape index (κ3) is 2.22. The summed E-state index contributed by atoms with van der Waals surface area (Å²) in [7, 11) is 0. The molecule has 0 spiro atoms. The first-order chi connectivity index (χ1) is 7.68. The van der Waals surface area contributed by atoms with E-state index >= 15 is 0 Å². The summed E-state index contributed by atoms with van der Waals surface area (Å²) in [5.41, 5.74) is 0.110. The van der Waals surface area contributed by atoms with Gasteiger partial charge in [-0.25, -0.2) is 4.39 Å². The van der Waals surface area contributed by atoms with Crippen molar-refractivity contribution >= 4 is 5.91 Å². The van der Waals surface area contributed by atoms with Gasteiger partial charge in [0, 0.05) is 13.1 Å². The van der Waals surface area contributed by atoms with Crippen LogP contribution in [0.15, 0.2) is 24.3 Å². The zero-order chi connectivity index (χ0) is 11.5. The number of hydrogen-bond acceptors (Lipinski definition) is 2. The molecule has 1 fully saturated rings. The van der Waals surface area contributed by atoms with Gasteiger partial charge >= 0.3 is 0 Å². The fourth-order valence-corrected chi connectivity index (χ4v) is 1.87. The van der Waals surface area contributed by atoms with Crippen molar-refractivity contribution < 1.29 is 14.3 Å².